The molecule has 5 aromatic rings. The van der Waals surface area contributed by atoms with Crippen LogP contribution in [0.15, 0.2) is 78.9 Å². The van der Waals surface area contributed by atoms with E-state index in [2.05, 4.69) is 66.9 Å². The van der Waals surface area contributed by atoms with Gasteiger partial charge in [0, 0.05) is 26.8 Å². The first kappa shape index (κ1) is 18.1. The average Bonchev–Trinajstić information content (AvgIpc) is 3.18. The monoisotopic (exact) mass is 427 g/mol. The van der Waals surface area contributed by atoms with Crippen LogP contribution in [0.4, 0.5) is 0 Å². The minimum atomic E-state index is -0.0560. The average molecular weight is 428 g/mol. The van der Waals surface area contributed by atoms with Gasteiger partial charge < -0.3 is 4.57 Å². The smallest absolute Gasteiger partial charge is 0.0648 e. The van der Waals surface area contributed by atoms with Gasteiger partial charge in [0.25, 0.3) is 0 Å². The van der Waals surface area contributed by atoms with Crippen LogP contribution in [0.2, 0.25) is 10.0 Å². The minimum Gasteiger partial charge on any atom is -0.307 e. The number of halogens is 2. The fourth-order valence-electron chi connectivity index (χ4n) is 5.15. The topological polar surface area (TPSA) is 4.93 Å². The van der Waals surface area contributed by atoms with Crippen molar-refractivity contribution in [3.63, 3.8) is 0 Å². The van der Waals surface area contributed by atoms with Crippen molar-refractivity contribution < 1.29 is 0 Å². The lowest BCUT2D eigenvalue weighted by molar-refractivity contribution is 0.661. The molecule has 0 spiro atoms. The van der Waals surface area contributed by atoms with E-state index < -0.39 is 0 Å². The molecule has 0 N–H and O–H groups in total. The Labute approximate surface area is 185 Å². The number of hydrogen-bond donors (Lipinski definition) is 0. The third-order valence-electron chi connectivity index (χ3n) is 6.53. The molecule has 0 saturated heterocycles. The van der Waals surface area contributed by atoms with E-state index in [1.165, 1.54) is 38.5 Å². The van der Waals surface area contributed by atoms with E-state index in [1.807, 2.05) is 30.3 Å². The van der Waals surface area contributed by atoms with Crippen LogP contribution in [-0.4, -0.2) is 4.57 Å². The maximum atomic E-state index is 6.71. The van der Waals surface area contributed by atoms with Crippen molar-refractivity contribution in [3.8, 4) is 16.8 Å². The van der Waals surface area contributed by atoms with Gasteiger partial charge in [-0.2, -0.15) is 0 Å². The summed E-state index contributed by atoms with van der Waals surface area (Å²) in [7, 11) is 0. The molecule has 0 bridgehead atoms. The number of benzene rings is 4. The molecule has 0 radical (unpaired) electrons. The maximum Gasteiger partial charge on any atom is 0.0648 e. The summed E-state index contributed by atoms with van der Waals surface area (Å²) in [5.41, 5.74) is 8.47. The zero-order chi connectivity index (χ0) is 20.6. The number of para-hydroxylation sites is 1. The highest BCUT2D eigenvalue weighted by molar-refractivity contribution is 6.33. The highest BCUT2D eigenvalue weighted by Crippen LogP contribution is 2.53. The van der Waals surface area contributed by atoms with E-state index in [9.17, 15) is 0 Å². The summed E-state index contributed by atoms with van der Waals surface area (Å²) in [6, 6.07) is 27.4. The van der Waals surface area contributed by atoms with Gasteiger partial charge in [0.15, 0.2) is 0 Å². The predicted octanol–water partition coefficient (Wildman–Crippen LogP) is 8.40. The summed E-state index contributed by atoms with van der Waals surface area (Å²) >= 11 is 13.2. The second-order valence-electron chi connectivity index (χ2n) is 8.50. The molecule has 4 aromatic carbocycles. The molecule has 0 aliphatic heterocycles. The molecule has 1 aromatic heterocycles. The van der Waals surface area contributed by atoms with Crippen molar-refractivity contribution >= 4 is 45.0 Å². The SMILES string of the molecule is CC1(C)c2ccccc2-c2c1ccc1c3ccc(Cl)cc3n(-c3ccccc3Cl)c21. The molecule has 1 aliphatic rings. The van der Waals surface area contributed by atoms with Crippen LogP contribution in [0.1, 0.15) is 25.0 Å². The molecule has 1 nitrogen and oxygen atoms in total. The highest BCUT2D eigenvalue weighted by Gasteiger charge is 2.37. The molecule has 146 valence electrons. The number of rotatable bonds is 1. The first-order valence-electron chi connectivity index (χ1n) is 10.1. The van der Waals surface area contributed by atoms with E-state index in [4.69, 9.17) is 23.2 Å². The van der Waals surface area contributed by atoms with Gasteiger partial charge in [-0.3, -0.25) is 0 Å². The van der Waals surface area contributed by atoms with Crippen LogP contribution >= 0.6 is 23.2 Å². The Kier molecular flexibility index (Phi) is 3.69. The molecular weight excluding hydrogens is 409 g/mol. The Morgan fingerprint density at radius 3 is 2.30 bits per heavy atom. The lowest BCUT2D eigenvalue weighted by Crippen LogP contribution is -2.14. The fraction of sp³-hybridized carbons (Fsp3) is 0.111. The van der Waals surface area contributed by atoms with E-state index in [1.54, 1.807) is 0 Å². The minimum absolute atomic E-state index is 0.0560. The Hall–Kier alpha value is -2.74. The zero-order valence-electron chi connectivity index (χ0n) is 16.7. The molecule has 3 heteroatoms. The molecule has 0 atom stereocenters. The van der Waals surface area contributed by atoms with E-state index in [0.717, 1.165) is 21.2 Å². The molecule has 0 fully saturated rings. The Morgan fingerprint density at radius 2 is 1.47 bits per heavy atom. The standard InChI is InChI=1S/C27H19Cl2N/c1-27(2)20-8-4-3-7-19(20)25-21(27)14-13-18-17-12-11-16(28)15-24(17)30(26(18)25)23-10-6-5-9-22(23)29/h3-15H,1-2H3. The van der Waals surface area contributed by atoms with Crippen LogP contribution < -0.4 is 0 Å². The van der Waals surface area contributed by atoms with Crippen molar-refractivity contribution in [1.29, 1.82) is 0 Å². The van der Waals surface area contributed by atoms with Gasteiger partial charge in [-0.1, -0.05) is 91.6 Å². The highest BCUT2D eigenvalue weighted by atomic mass is 35.5. The maximum absolute atomic E-state index is 6.71. The molecule has 0 amide bonds. The summed E-state index contributed by atoms with van der Waals surface area (Å²) in [4.78, 5) is 0. The van der Waals surface area contributed by atoms with Gasteiger partial charge in [0.2, 0.25) is 0 Å². The number of nitrogens with zero attached hydrogens (tertiary/aromatic N) is 1. The Bertz CT molecular complexity index is 1490. The van der Waals surface area contributed by atoms with Crippen molar-refractivity contribution in [1.82, 2.24) is 4.57 Å². The molecule has 1 aliphatic carbocycles. The Morgan fingerprint density at radius 1 is 0.733 bits per heavy atom. The van der Waals surface area contributed by atoms with Gasteiger partial charge in [0.05, 0.1) is 21.7 Å². The van der Waals surface area contributed by atoms with Crippen molar-refractivity contribution in [2.45, 2.75) is 19.3 Å². The van der Waals surface area contributed by atoms with Gasteiger partial charge in [0.1, 0.15) is 0 Å². The van der Waals surface area contributed by atoms with Gasteiger partial charge in [-0.25, -0.2) is 0 Å². The van der Waals surface area contributed by atoms with Crippen molar-refractivity contribution in [2.75, 3.05) is 0 Å². The quantitative estimate of drug-likeness (QED) is 0.253. The normalized spacial score (nSPS) is 14.3. The molecular formula is C27H19Cl2N. The first-order valence-corrected chi connectivity index (χ1v) is 10.9. The summed E-state index contributed by atoms with van der Waals surface area (Å²) in [5, 5.41) is 3.84. The van der Waals surface area contributed by atoms with Gasteiger partial charge in [-0.15, -0.1) is 0 Å². The lowest BCUT2D eigenvalue weighted by Gasteiger charge is -2.21. The molecule has 6 rings (SSSR count). The summed E-state index contributed by atoms with van der Waals surface area (Å²) < 4.78 is 2.29. The molecule has 1 heterocycles. The van der Waals surface area contributed by atoms with Crippen LogP contribution in [0, 0.1) is 0 Å². The second-order valence-corrected chi connectivity index (χ2v) is 9.35. The van der Waals surface area contributed by atoms with Crippen LogP contribution in [0.3, 0.4) is 0 Å². The lowest BCUT2D eigenvalue weighted by atomic mass is 9.82. The number of fused-ring (bicyclic) bond motifs is 7. The van der Waals surface area contributed by atoms with Crippen molar-refractivity contribution in [3.05, 3.63) is 100 Å². The summed E-state index contributed by atoms with van der Waals surface area (Å²) in [6.07, 6.45) is 0. The number of aromatic nitrogens is 1. The predicted molar refractivity (Wildman–Crippen MR) is 128 cm³/mol. The first-order chi connectivity index (χ1) is 14.5. The van der Waals surface area contributed by atoms with E-state index >= 15 is 0 Å². The Balaban J connectivity index is 1.90. The van der Waals surface area contributed by atoms with Gasteiger partial charge in [-0.05, 0) is 41.0 Å². The third kappa shape index (κ3) is 2.25. The summed E-state index contributed by atoms with van der Waals surface area (Å²) in [5.74, 6) is 0. The summed E-state index contributed by atoms with van der Waals surface area (Å²) in [6.45, 7) is 4.62. The van der Waals surface area contributed by atoms with E-state index in [0.29, 0.717) is 0 Å². The fourth-order valence-corrected chi connectivity index (χ4v) is 5.53. The number of hydrogen-bond acceptors (Lipinski definition) is 0. The van der Waals surface area contributed by atoms with E-state index in [-0.39, 0.29) is 5.41 Å². The zero-order valence-corrected chi connectivity index (χ0v) is 18.2. The van der Waals surface area contributed by atoms with Crippen LogP contribution in [-0.2, 0) is 5.41 Å². The van der Waals surface area contributed by atoms with Gasteiger partial charge >= 0.3 is 0 Å². The van der Waals surface area contributed by atoms with Crippen LogP contribution in [0.5, 0.6) is 0 Å². The second kappa shape index (κ2) is 6.14. The molecule has 0 unspecified atom stereocenters. The molecule has 30 heavy (non-hydrogen) atoms. The largest absolute Gasteiger partial charge is 0.307 e. The third-order valence-corrected chi connectivity index (χ3v) is 7.08. The molecule has 0 saturated carbocycles. The van der Waals surface area contributed by atoms with Crippen molar-refractivity contribution in [2.24, 2.45) is 0 Å². The van der Waals surface area contributed by atoms with Crippen LogP contribution in [0.25, 0.3) is 38.6 Å².